The van der Waals surface area contributed by atoms with Gasteiger partial charge in [-0.05, 0) is 19.1 Å². The van der Waals surface area contributed by atoms with Gasteiger partial charge in [0.15, 0.2) is 0 Å². The van der Waals surface area contributed by atoms with Crippen molar-refractivity contribution in [1.29, 1.82) is 0 Å². The quantitative estimate of drug-likeness (QED) is 0.798. The molecule has 0 N–H and O–H groups in total. The molecule has 6 heteroatoms. The third-order valence-corrected chi connectivity index (χ3v) is 2.58. The van der Waals surface area contributed by atoms with Gasteiger partial charge in [0.1, 0.15) is 29.1 Å². The Morgan fingerprint density at radius 3 is 2.60 bits per heavy atom. The van der Waals surface area contributed by atoms with Crippen molar-refractivity contribution in [2.45, 2.75) is 6.92 Å². The van der Waals surface area contributed by atoms with Gasteiger partial charge in [-0.25, -0.2) is 14.8 Å². The molecule has 2 aromatic heterocycles. The van der Waals surface area contributed by atoms with E-state index in [1.807, 2.05) is 0 Å². The van der Waals surface area contributed by atoms with Crippen LogP contribution in [0.1, 0.15) is 23.3 Å². The Morgan fingerprint density at radius 2 is 2.05 bits per heavy atom. The first-order chi connectivity index (χ1) is 9.56. The van der Waals surface area contributed by atoms with E-state index in [1.54, 1.807) is 13.0 Å². The van der Waals surface area contributed by atoms with Crippen LogP contribution in [0.2, 0.25) is 0 Å². The fourth-order valence-electron chi connectivity index (χ4n) is 1.59. The molecule has 2 heterocycles. The summed E-state index contributed by atoms with van der Waals surface area (Å²) in [7, 11) is 2.81. The Hall–Kier alpha value is -2.63. The van der Waals surface area contributed by atoms with Crippen molar-refractivity contribution < 1.29 is 18.7 Å². The minimum absolute atomic E-state index is 0.170. The van der Waals surface area contributed by atoms with Gasteiger partial charge >= 0.3 is 5.97 Å². The molecule has 0 fully saturated rings. The number of hydrogen-bond acceptors (Lipinski definition) is 6. The number of hydrogen-bond donors (Lipinski definition) is 0. The smallest absolute Gasteiger partial charge is 0.356 e. The maximum atomic E-state index is 11.5. The van der Waals surface area contributed by atoms with E-state index < -0.39 is 5.97 Å². The minimum atomic E-state index is -0.530. The second-order valence-electron chi connectivity index (χ2n) is 4.06. The van der Waals surface area contributed by atoms with E-state index in [0.29, 0.717) is 28.6 Å². The number of rotatable bonds is 4. The number of carbonyl (C=O) groups is 1. The Labute approximate surface area is 116 Å². The van der Waals surface area contributed by atoms with Gasteiger partial charge in [-0.3, -0.25) is 0 Å². The molecule has 0 aliphatic carbocycles. The van der Waals surface area contributed by atoms with E-state index in [0.717, 1.165) is 0 Å². The number of pyridine rings is 1. The van der Waals surface area contributed by atoms with Crippen LogP contribution in [0.3, 0.4) is 0 Å². The Morgan fingerprint density at radius 1 is 1.30 bits per heavy atom. The predicted molar refractivity (Wildman–Crippen MR) is 72.3 cm³/mol. The van der Waals surface area contributed by atoms with Crippen LogP contribution in [0, 0.1) is 0 Å². The number of nitrogens with zero attached hydrogens (tertiary/aromatic N) is 2. The summed E-state index contributed by atoms with van der Waals surface area (Å²) in [4.78, 5) is 20.0. The molecule has 0 spiro atoms. The largest absolute Gasteiger partial charge is 0.494 e. The zero-order valence-electron chi connectivity index (χ0n) is 11.5. The van der Waals surface area contributed by atoms with Crippen LogP contribution in [0.5, 0.6) is 5.75 Å². The second kappa shape index (κ2) is 5.56. The van der Waals surface area contributed by atoms with Crippen LogP contribution < -0.4 is 4.74 Å². The van der Waals surface area contributed by atoms with E-state index in [1.165, 1.54) is 26.5 Å². The van der Waals surface area contributed by atoms with Crippen molar-refractivity contribution in [2.75, 3.05) is 14.2 Å². The molecular weight excluding hydrogens is 260 g/mol. The van der Waals surface area contributed by atoms with Crippen LogP contribution in [0.15, 0.2) is 29.4 Å². The van der Waals surface area contributed by atoms with Crippen LogP contribution in [0.4, 0.5) is 0 Å². The lowest BCUT2D eigenvalue weighted by Crippen LogP contribution is -2.05. The van der Waals surface area contributed by atoms with E-state index in [-0.39, 0.29) is 5.69 Å². The Bertz CT molecular complexity index is 661. The molecule has 0 radical (unpaired) electrons. The number of ether oxygens (including phenoxy) is 2. The van der Waals surface area contributed by atoms with Crippen molar-refractivity contribution in [3.63, 3.8) is 0 Å². The number of aromatic nitrogens is 2. The van der Waals surface area contributed by atoms with Crippen LogP contribution in [0.25, 0.3) is 17.0 Å². The number of allylic oxidation sites excluding steroid dienone is 1. The second-order valence-corrected chi connectivity index (χ2v) is 4.06. The monoisotopic (exact) mass is 274 g/mol. The molecule has 0 atom stereocenters. The number of methoxy groups -OCH3 is 2. The highest BCUT2D eigenvalue weighted by atomic mass is 16.5. The zero-order chi connectivity index (χ0) is 14.7. The van der Waals surface area contributed by atoms with Crippen molar-refractivity contribution >= 4 is 11.5 Å². The fourth-order valence-corrected chi connectivity index (χ4v) is 1.59. The predicted octanol–water partition coefficient (Wildman–Crippen LogP) is 2.56. The topological polar surface area (TPSA) is 74.5 Å². The molecule has 0 aliphatic rings. The third-order valence-electron chi connectivity index (χ3n) is 2.58. The lowest BCUT2D eigenvalue weighted by molar-refractivity contribution is 0.0594. The summed E-state index contributed by atoms with van der Waals surface area (Å²) in [6.07, 6.45) is 1.44. The third kappa shape index (κ3) is 2.54. The molecule has 2 rings (SSSR count). The lowest BCUT2D eigenvalue weighted by Gasteiger charge is -2.06. The molecule has 104 valence electrons. The molecule has 0 bridgehead atoms. The molecule has 2 aromatic rings. The SMILES string of the molecule is C=C(C)c1nc(-c2nc(C(=O)OC)ccc2OC)co1. The van der Waals surface area contributed by atoms with E-state index in [9.17, 15) is 4.79 Å². The number of esters is 1. The van der Waals surface area contributed by atoms with Crippen molar-refractivity contribution in [3.05, 3.63) is 36.6 Å². The normalized spacial score (nSPS) is 10.2. The summed E-state index contributed by atoms with van der Waals surface area (Å²) in [6.45, 7) is 5.53. The summed E-state index contributed by atoms with van der Waals surface area (Å²) >= 11 is 0. The first-order valence-corrected chi connectivity index (χ1v) is 5.82. The van der Waals surface area contributed by atoms with Gasteiger partial charge in [0.05, 0.1) is 14.2 Å². The van der Waals surface area contributed by atoms with Crippen LogP contribution in [-0.2, 0) is 4.74 Å². The average Bonchev–Trinajstić information content (AvgIpc) is 2.95. The van der Waals surface area contributed by atoms with Gasteiger partial charge in [0, 0.05) is 5.57 Å². The molecule has 0 aromatic carbocycles. The molecule has 20 heavy (non-hydrogen) atoms. The molecule has 6 nitrogen and oxygen atoms in total. The summed E-state index contributed by atoms with van der Waals surface area (Å²) in [5, 5.41) is 0. The highest BCUT2D eigenvalue weighted by Crippen LogP contribution is 2.28. The number of carbonyl (C=O) groups excluding carboxylic acids is 1. The van der Waals surface area contributed by atoms with E-state index >= 15 is 0 Å². The van der Waals surface area contributed by atoms with Crippen LogP contribution >= 0.6 is 0 Å². The van der Waals surface area contributed by atoms with Crippen molar-refractivity contribution in [3.8, 4) is 17.1 Å². The van der Waals surface area contributed by atoms with Gasteiger partial charge in [-0.1, -0.05) is 6.58 Å². The summed E-state index contributed by atoms with van der Waals surface area (Å²) in [6, 6.07) is 3.15. The average molecular weight is 274 g/mol. The zero-order valence-corrected chi connectivity index (χ0v) is 11.5. The summed E-state index contributed by atoms with van der Waals surface area (Å²) < 4.78 is 15.1. The highest BCUT2D eigenvalue weighted by molar-refractivity contribution is 5.88. The first kappa shape index (κ1) is 13.8. The van der Waals surface area contributed by atoms with Crippen molar-refractivity contribution in [2.24, 2.45) is 0 Å². The van der Waals surface area contributed by atoms with Gasteiger partial charge in [-0.15, -0.1) is 0 Å². The summed E-state index contributed by atoms with van der Waals surface area (Å²) in [5.74, 6) is 0.365. The molecule has 0 unspecified atom stereocenters. The van der Waals surface area contributed by atoms with Gasteiger partial charge < -0.3 is 13.9 Å². The first-order valence-electron chi connectivity index (χ1n) is 5.82. The maximum Gasteiger partial charge on any atom is 0.356 e. The molecule has 0 amide bonds. The molecule has 0 saturated heterocycles. The fraction of sp³-hybridized carbons (Fsp3) is 0.214. The Balaban J connectivity index is 2.51. The highest BCUT2D eigenvalue weighted by Gasteiger charge is 2.17. The standard InChI is InChI=1S/C14H14N2O4/c1-8(2)13-16-10(7-20-13)12-11(18-3)6-5-9(15-12)14(17)19-4/h5-7H,1H2,2-4H3. The van der Waals surface area contributed by atoms with Crippen LogP contribution in [-0.4, -0.2) is 30.2 Å². The summed E-state index contributed by atoms with van der Waals surface area (Å²) in [5.41, 5.74) is 1.74. The Kier molecular flexibility index (Phi) is 3.84. The molecule has 0 saturated carbocycles. The number of oxazole rings is 1. The van der Waals surface area contributed by atoms with E-state index in [4.69, 9.17) is 9.15 Å². The van der Waals surface area contributed by atoms with Gasteiger partial charge in [-0.2, -0.15) is 0 Å². The lowest BCUT2D eigenvalue weighted by atomic mass is 10.2. The molecule has 0 aliphatic heterocycles. The maximum absolute atomic E-state index is 11.5. The molecular formula is C14H14N2O4. The minimum Gasteiger partial charge on any atom is -0.494 e. The van der Waals surface area contributed by atoms with Gasteiger partial charge in [0.25, 0.3) is 0 Å². The van der Waals surface area contributed by atoms with E-state index in [2.05, 4.69) is 21.3 Å². The van der Waals surface area contributed by atoms with Gasteiger partial charge in [0.2, 0.25) is 5.89 Å². The van der Waals surface area contributed by atoms with Crippen molar-refractivity contribution in [1.82, 2.24) is 9.97 Å².